The van der Waals surface area contributed by atoms with E-state index in [-0.39, 0.29) is 5.88 Å². The molecular formula is C12H17ClN2O4S. The van der Waals surface area contributed by atoms with Crippen molar-refractivity contribution in [2.24, 2.45) is 5.14 Å². The number of halogens is 1. The van der Waals surface area contributed by atoms with Crippen LogP contribution in [-0.4, -0.2) is 39.4 Å². The van der Waals surface area contributed by atoms with Crippen molar-refractivity contribution in [2.45, 2.75) is 12.5 Å². The lowest BCUT2D eigenvalue weighted by Gasteiger charge is -2.34. The van der Waals surface area contributed by atoms with Crippen molar-refractivity contribution in [1.82, 2.24) is 4.31 Å². The van der Waals surface area contributed by atoms with Gasteiger partial charge in [0.2, 0.25) is 0 Å². The average molecular weight is 321 g/mol. The van der Waals surface area contributed by atoms with E-state index >= 15 is 0 Å². The highest BCUT2D eigenvalue weighted by Crippen LogP contribution is 2.39. The molecule has 1 atom stereocenters. The van der Waals surface area contributed by atoms with Crippen LogP contribution in [0.25, 0.3) is 0 Å². The molecule has 0 spiro atoms. The first kappa shape index (κ1) is 15.4. The van der Waals surface area contributed by atoms with Gasteiger partial charge in [0.15, 0.2) is 11.5 Å². The number of methoxy groups -OCH3 is 2. The largest absolute Gasteiger partial charge is 0.493 e. The molecule has 8 heteroatoms. The summed E-state index contributed by atoms with van der Waals surface area (Å²) in [6, 6.07) is 3.13. The average Bonchev–Trinajstić information content (AvgIpc) is 2.43. The zero-order valence-electron chi connectivity index (χ0n) is 11.3. The maximum absolute atomic E-state index is 11.6. The molecule has 0 fully saturated rings. The molecule has 0 bridgehead atoms. The van der Waals surface area contributed by atoms with E-state index in [1.165, 1.54) is 11.4 Å². The molecule has 6 nitrogen and oxygen atoms in total. The number of ether oxygens (including phenoxy) is 2. The number of alkyl halides is 1. The second-order valence-corrected chi connectivity index (χ2v) is 6.29. The summed E-state index contributed by atoms with van der Waals surface area (Å²) in [5.41, 5.74) is 1.80. The molecule has 0 aliphatic carbocycles. The summed E-state index contributed by atoms with van der Waals surface area (Å²) in [6.45, 7) is 0.304. The minimum Gasteiger partial charge on any atom is -0.493 e. The van der Waals surface area contributed by atoms with E-state index < -0.39 is 16.3 Å². The van der Waals surface area contributed by atoms with E-state index in [1.807, 2.05) is 6.07 Å². The van der Waals surface area contributed by atoms with E-state index in [9.17, 15) is 8.42 Å². The molecule has 1 heterocycles. The number of rotatable bonds is 4. The lowest BCUT2D eigenvalue weighted by Crippen LogP contribution is -2.44. The number of nitrogens with two attached hydrogens (primary N) is 1. The first-order valence-corrected chi connectivity index (χ1v) is 8.06. The summed E-state index contributed by atoms with van der Waals surface area (Å²) in [4.78, 5) is 0. The normalized spacial score (nSPS) is 19.5. The van der Waals surface area contributed by atoms with E-state index in [0.29, 0.717) is 24.5 Å². The second-order valence-electron chi connectivity index (χ2n) is 4.48. The van der Waals surface area contributed by atoms with Crippen LogP contribution in [0, 0.1) is 0 Å². The van der Waals surface area contributed by atoms with Gasteiger partial charge in [0.05, 0.1) is 20.3 Å². The molecule has 2 rings (SSSR count). The van der Waals surface area contributed by atoms with E-state index in [4.69, 9.17) is 26.2 Å². The smallest absolute Gasteiger partial charge is 0.277 e. The van der Waals surface area contributed by atoms with E-state index in [0.717, 1.165) is 11.1 Å². The van der Waals surface area contributed by atoms with Gasteiger partial charge in [-0.3, -0.25) is 0 Å². The van der Waals surface area contributed by atoms with E-state index in [2.05, 4.69) is 0 Å². The molecule has 2 N–H and O–H groups in total. The van der Waals surface area contributed by atoms with Crippen LogP contribution in [0.4, 0.5) is 0 Å². The van der Waals surface area contributed by atoms with Gasteiger partial charge in [0.1, 0.15) is 0 Å². The fraction of sp³-hybridized carbons (Fsp3) is 0.500. The molecule has 0 saturated heterocycles. The molecular weight excluding hydrogens is 304 g/mol. The van der Waals surface area contributed by atoms with Gasteiger partial charge < -0.3 is 9.47 Å². The minimum atomic E-state index is -3.79. The summed E-state index contributed by atoms with van der Waals surface area (Å²) in [6.07, 6.45) is 0.555. The highest BCUT2D eigenvalue weighted by Gasteiger charge is 2.34. The Morgan fingerprint density at radius 3 is 2.45 bits per heavy atom. The number of hydrogen-bond donors (Lipinski definition) is 1. The Bertz CT molecular complexity index is 606. The van der Waals surface area contributed by atoms with Gasteiger partial charge in [-0.25, -0.2) is 5.14 Å². The van der Waals surface area contributed by atoms with Gasteiger partial charge in [-0.1, -0.05) is 0 Å². The SMILES string of the molecule is COc1cc2c(cc1OC)C(CCl)N(S(N)(=O)=O)CC2. The zero-order chi connectivity index (χ0) is 14.9. The number of nitrogens with zero attached hydrogens (tertiary/aromatic N) is 1. The number of fused-ring (bicyclic) bond motifs is 1. The first-order valence-electron chi connectivity index (χ1n) is 6.02. The molecule has 20 heavy (non-hydrogen) atoms. The molecule has 0 amide bonds. The Balaban J connectivity index is 2.53. The predicted molar refractivity (Wildman–Crippen MR) is 76.5 cm³/mol. The molecule has 0 saturated carbocycles. The van der Waals surface area contributed by atoms with Crippen LogP contribution in [0.15, 0.2) is 12.1 Å². The van der Waals surface area contributed by atoms with Crippen molar-refractivity contribution in [3.05, 3.63) is 23.3 Å². The van der Waals surface area contributed by atoms with Gasteiger partial charge in [0, 0.05) is 12.4 Å². The van der Waals surface area contributed by atoms with Crippen molar-refractivity contribution >= 4 is 21.8 Å². The molecule has 0 aromatic heterocycles. The molecule has 1 aromatic rings. The molecule has 1 unspecified atom stereocenters. The summed E-state index contributed by atoms with van der Waals surface area (Å²) < 4.78 is 35.0. The van der Waals surface area contributed by atoms with Gasteiger partial charge in [-0.05, 0) is 29.7 Å². The second kappa shape index (κ2) is 5.77. The molecule has 1 aliphatic heterocycles. The van der Waals surface area contributed by atoms with Crippen molar-refractivity contribution in [1.29, 1.82) is 0 Å². The van der Waals surface area contributed by atoms with Crippen LogP contribution >= 0.6 is 11.6 Å². The Labute approximate surface area is 123 Å². The Kier molecular flexibility index (Phi) is 4.43. The van der Waals surface area contributed by atoms with Crippen molar-refractivity contribution in [3.63, 3.8) is 0 Å². The van der Waals surface area contributed by atoms with Crippen LogP contribution in [0.1, 0.15) is 17.2 Å². The number of hydrogen-bond acceptors (Lipinski definition) is 4. The quantitative estimate of drug-likeness (QED) is 0.841. The summed E-state index contributed by atoms with van der Waals surface area (Å²) in [5, 5.41) is 5.24. The third-order valence-corrected chi connectivity index (χ3v) is 4.81. The molecule has 1 aromatic carbocycles. The highest BCUT2D eigenvalue weighted by molar-refractivity contribution is 7.86. The third kappa shape index (κ3) is 2.71. The maximum Gasteiger partial charge on any atom is 0.277 e. The van der Waals surface area contributed by atoms with Crippen LogP contribution in [0.2, 0.25) is 0 Å². The topological polar surface area (TPSA) is 81.9 Å². The Morgan fingerprint density at radius 2 is 1.95 bits per heavy atom. The summed E-state index contributed by atoms with van der Waals surface area (Å²) >= 11 is 5.94. The van der Waals surface area contributed by atoms with Gasteiger partial charge in [-0.15, -0.1) is 11.6 Å². The fourth-order valence-corrected chi connectivity index (χ4v) is 3.77. The van der Waals surface area contributed by atoms with Gasteiger partial charge >= 0.3 is 0 Å². The lowest BCUT2D eigenvalue weighted by atomic mass is 9.94. The van der Waals surface area contributed by atoms with Crippen molar-refractivity contribution < 1.29 is 17.9 Å². The lowest BCUT2D eigenvalue weighted by molar-refractivity contribution is 0.321. The predicted octanol–water partition coefficient (Wildman–Crippen LogP) is 1.05. The van der Waals surface area contributed by atoms with E-state index in [1.54, 1.807) is 13.2 Å². The maximum atomic E-state index is 11.6. The summed E-state index contributed by atoms with van der Waals surface area (Å²) in [5.74, 6) is 1.28. The fourth-order valence-electron chi connectivity index (χ4n) is 2.47. The molecule has 1 aliphatic rings. The summed E-state index contributed by atoms with van der Waals surface area (Å²) in [7, 11) is -0.702. The van der Waals surface area contributed by atoms with Crippen LogP contribution in [0.5, 0.6) is 11.5 Å². The standard InChI is InChI=1S/C12H17ClN2O4S/c1-18-11-5-8-3-4-15(20(14,16)17)10(7-13)9(8)6-12(11)19-2/h5-6,10H,3-4,7H2,1-2H3,(H2,14,16,17). The Morgan fingerprint density at radius 1 is 1.35 bits per heavy atom. The molecule has 112 valence electrons. The highest BCUT2D eigenvalue weighted by atomic mass is 35.5. The van der Waals surface area contributed by atoms with Gasteiger partial charge in [0.25, 0.3) is 10.2 Å². The zero-order valence-corrected chi connectivity index (χ0v) is 12.9. The first-order chi connectivity index (χ1) is 9.42. The Hall–Kier alpha value is -1.02. The van der Waals surface area contributed by atoms with Gasteiger partial charge in [-0.2, -0.15) is 12.7 Å². The van der Waals surface area contributed by atoms with Crippen LogP contribution in [0.3, 0.4) is 0 Å². The number of benzene rings is 1. The monoisotopic (exact) mass is 320 g/mol. The van der Waals surface area contributed by atoms with Crippen LogP contribution < -0.4 is 14.6 Å². The minimum absolute atomic E-state index is 0.124. The van der Waals surface area contributed by atoms with Crippen molar-refractivity contribution in [2.75, 3.05) is 26.6 Å². The molecule has 0 radical (unpaired) electrons. The third-order valence-electron chi connectivity index (χ3n) is 3.43. The van der Waals surface area contributed by atoms with Crippen molar-refractivity contribution in [3.8, 4) is 11.5 Å². The van der Waals surface area contributed by atoms with Crippen LogP contribution in [-0.2, 0) is 16.6 Å².